The maximum atomic E-state index is 13.0. The summed E-state index contributed by atoms with van der Waals surface area (Å²) in [5, 5.41) is 3.77. The van der Waals surface area contributed by atoms with Gasteiger partial charge in [0.05, 0.1) is 29.8 Å². The molecule has 3 heterocycles. The highest BCUT2D eigenvalue weighted by molar-refractivity contribution is 7.20. The molecule has 1 aromatic carbocycles. The Bertz CT molecular complexity index is 1230. The molecule has 4 rings (SSSR count). The molecular formula is C21H21ClN4O4S. The van der Waals surface area contributed by atoms with Crippen LogP contribution in [0, 0.1) is 13.8 Å². The van der Waals surface area contributed by atoms with Crippen LogP contribution in [0.4, 0.5) is 5.69 Å². The average Bonchev–Trinajstić information content (AvgIpc) is 3.11. The van der Waals surface area contributed by atoms with E-state index in [4.69, 9.17) is 16.3 Å². The number of nitrogens with zero attached hydrogens (tertiary/aromatic N) is 3. The number of benzene rings is 1. The summed E-state index contributed by atoms with van der Waals surface area (Å²) >= 11 is 7.28. The Hall–Kier alpha value is -2.75. The van der Waals surface area contributed by atoms with Gasteiger partial charge in [0, 0.05) is 23.8 Å². The Morgan fingerprint density at radius 2 is 1.97 bits per heavy atom. The van der Waals surface area contributed by atoms with Crippen LogP contribution in [0.3, 0.4) is 0 Å². The third kappa shape index (κ3) is 4.21. The van der Waals surface area contributed by atoms with Gasteiger partial charge in [0.1, 0.15) is 11.4 Å². The summed E-state index contributed by atoms with van der Waals surface area (Å²) in [6, 6.07) is 5.28. The number of nitrogens with one attached hydrogen (secondary N) is 1. The van der Waals surface area contributed by atoms with Crippen molar-refractivity contribution >= 4 is 50.7 Å². The Balaban J connectivity index is 1.62. The quantitative estimate of drug-likeness (QED) is 0.646. The zero-order valence-electron chi connectivity index (χ0n) is 17.1. The van der Waals surface area contributed by atoms with Gasteiger partial charge < -0.3 is 15.0 Å². The van der Waals surface area contributed by atoms with Crippen molar-refractivity contribution in [3.05, 3.63) is 55.9 Å². The van der Waals surface area contributed by atoms with Crippen molar-refractivity contribution in [2.45, 2.75) is 20.4 Å². The molecule has 2 amide bonds. The van der Waals surface area contributed by atoms with Crippen molar-refractivity contribution in [3.63, 3.8) is 0 Å². The Labute approximate surface area is 187 Å². The standard InChI is InChI=1S/C21H21ClN4O4S/c1-12-14(22)4-3-5-15(12)24-19(28)18-13(2)17-20(31-18)23-11-26(21(17)29)10-16(27)25-6-8-30-9-7-25/h3-5,11H,6-10H2,1-2H3,(H,24,28). The van der Waals surface area contributed by atoms with Gasteiger partial charge in [0.25, 0.3) is 11.5 Å². The van der Waals surface area contributed by atoms with Gasteiger partial charge in [0.15, 0.2) is 0 Å². The van der Waals surface area contributed by atoms with E-state index in [1.165, 1.54) is 10.9 Å². The number of carbonyl (C=O) groups excluding carboxylic acids is 2. The number of hydrogen-bond donors (Lipinski definition) is 1. The van der Waals surface area contributed by atoms with E-state index in [2.05, 4.69) is 10.3 Å². The lowest BCUT2D eigenvalue weighted by Gasteiger charge is -2.26. The Morgan fingerprint density at radius 3 is 2.71 bits per heavy atom. The molecule has 8 nitrogen and oxygen atoms in total. The molecule has 0 radical (unpaired) electrons. The number of halogens is 1. The molecule has 1 N–H and O–H groups in total. The van der Waals surface area contributed by atoms with Crippen molar-refractivity contribution in [3.8, 4) is 0 Å². The van der Waals surface area contributed by atoms with E-state index in [9.17, 15) is 14.4 Å². The first-order valence-electron chi connectivity index (χ1n) is 9.77. The van der Waals surface area contributed by atoms with Crippen molar-refractivity contribution < 1.29 is 14.3 Å². The summed E-state index contributed by atoms with van der Waals surface area (Å²) in [7, 11) is 0. The molecule has 3 aromatic rings. The molecule has 31 heavy (non-hydrogen) atoms. The number of fused-ring (bicyclic) bond motifs is 1. The minimum absolute atomic E-state index is 0.0969. The van der Waals surface area contributed by atoms with Crippen LogP contribution in [0.2, 0.25) is 5.02 Å². The first-order valence-corrected chi connectivity index (χ1v) is 11.0. The molecule has 162 valence electrons. The fourth-order valence-electron chi connectivity index (χ4n) is 3.47. The third-order valence-electron chi connectivity index (χ3n) is 5.31. The van der Waals surface area contributed by atoms with Crippen LogP contribution in [0.15, 0.2) is 29.3 Å². The van der Waals surface area contributed by atoms with Gasteiger partial charge in [0.2, 0.25) is 5.91 Å². The van der Waals surface area contributed by atoms with Crippen LogP contribution in [-0.2, 0) is 16.1 Å². The van der Waals surface area contributed by atoms with Crippen LogP contribution in [0.1, 0.15) is 20.8 Å². The normalized spacial score (nSPS) is 14.1. The number of thiophene rings is 1. The first kappa shape index (κ1) is 21.5. The van der Waals surface area contributed by atoms with Crippen LogP contribution < -0.4 is 10.9 Å². The number of morpholine rings is 1. The number of anilines is 1. The predicted octanol–water partition coefficient (Wildman–Crippen LogP) is 2.84. The summed E-state index contributed by atoms with van der Waals surface area (Å²) < 4.78 is 6.55. The fraction of sp³-hybridized carbons (Fsp3) is 0.333. The number of ether oxygens (including phenoxy) is 1. The molecule has 0 unspecified atom stereocenters. The molecule has 10 heteroatoms. The zero-order valence-corrected chi connectivity index (χ0v) is 18.7. The van der Waals surface area contributed by atoms with E-state index >= 15 is 0 Å². The van der Waals surface area contributed by atoms with Crippen molar-refractivity contribution in [2.24, 2.45) is 0 Å². The minimum atomic E-state index is -0.335. The lowest BCUT2D eigenvalue weighted by Crippen LogP contribution is -2.43. The molecule has 1 aliphatic rings. The van der Waals surface area contributed by atoms with Gasteiger partial charge in [-0.05, 0) is 37.1 Å². The lowest BCUT2D eigenvalue weighted by molar-refractivity contribution is -0.135. The predicted molar refractivity (Wildman–Crippen MR) is 120 cm³/mol. The van der Waals surface area contributed by atoms with Gasteiger partial charge in [-0.15, -0.1) is 11.3 Å². The summed E-state index contributed by atoms with van der Waals surface area (Å²) in [6.07, 6.45) is 1.36. The van der Waals surface area contributed by atoms with E-state index in [0.29, 0.717) is 57.7 Å². The molecular weight excluding hydrogens is 440 g/mol. The number of hydrogen-bond acceptors (Lipinski definition) is 6. The molecule has 0 saturated carbocycles. The molecule has 0 atom stereocenters. The zero-order chi connectivity index (χ0) is 22.1. The van der Waals surface area contributed by atoms with E-state index < -0.39 is 0 Å². The van der Waals surface area contributed by atoms with Gasteiger partial charge in [-0.1, -0.05) is 17.7 Å². The molecule has 1 aliphatic heterocycles. The second-order valence-electron chi connectivity index (χ2n) is 7.27. The van der Waals surface area contributed by atoms with Crippen LogP contribution in [-0.4, -0.2) is 52.6 Å². The highest BCUT2D eigenvalue weighted by atomic mass is 35.5. The Morgan fingerprint density at radius 1 is 1.23 bits per heavy atom. The third-order valence-corrected chi connectivity index (χ3v) is 6.92. The SMILES string of the molecule is Cc1c(Cl)cccc1NC(=O)c1sc2ncn(CC(=O)N3CCOCC3)c(=O)c2c1C. The molecule has 1 fully saturated rings. The van der Waals surface area contributed by atoms with E-state index in [-0.39, 0.29) is 23.9 Å². The van der Waals surface area contributed by atoms with Crippen LogP contribution in [0.5, 0.6) is 0 Å². The Kier molecular flexibility index (Phi) is 6.08. The molecule has 0 bridgehead atoms. The highest BCUT2D eigenvalue weighted by Crippen LogP contribution is 2.29. The van der Waals surface area contributed by atoms with Crippen LogP contribution >= 0.6 is 22.9 Å². The van der Waals surface area contributed by atoms with Gasteiger partial charge in [-0.25, -0.2) is 4.98 Å². The molecule has 2 aromatic heterocycles. The minimum Gasteiger partial charge on any atom is -0.378 e. The van der Waals surface area contributed by atoms with Crippen molar-refractivity contribution in [1.82, 2.24) is 14.5 Å². The summed E-state index contributed by atoms with van der Waals surface area (Å²) in [6.45, 7) is 5.44. The number of rotatable bonds is 4. The summed E-state index contributed by atoms with van der Waals surface area (Å²) in [4.78, 5) is 45.3. The topological polar surface area (TPSA) is 93.5 Å². The van der Waals surface area contributed by atoms with Gasteiger partial charge in [-0.2, -0.15) is 0 Å². The van der Waals surface area contributed by atoms with Gasteiger partial charge >= 0.3 is 0 Å². The number of aromatic nitrogens is 2. The smallest absolute Gasteiger partial charge is 0.266 e. The molecule has 1 saturated heterocycles. The van der Waals surface area contributed by atoms with Crippen molar-refractivity contribution in [2.75, 3.05) is 31.6 Å². The summed E-state index contributed by atoms with van der Waals surface area (Å²) in [5.74, 6) is -0.491. The number of aryl methyl sites for hydroxylation is 1. The summed E-state index contributed by atoms with van der Waals surface area (Å²) in [5.41, 5.74) is 1.58. The molecule has 0 spiro atoms. The van der Waals surface area contributed by atoms with Crippen molar-refractivity contribution in [1.29, 1.82) is 0 Å². The number of amides is 2. The largest absolute Gasteiger partial charge is 0.378 e. The monoisotopic (exact) mass is 460 g/mol. The lowest BCUT2D eigenvalue weighted by atomic mass is 10.1. The number of carbonyl (C=O) groups is 2. The highest BCUT2D eigenvalue weighted by Gasteiger charge is 2.22. The van der Waals surface area contributed by atoms with E-state index in [1.54, 1.807) is 30.0 Å². The fourth-order valence-corrected chi connectivity index (χ4v) is 4.68. The van der Waals surface area contributed by atoms with Gasteiger partial charge in [-0.3, -0.25) is 19.0 Å². The maximum Gasteiger partial charge on any atom is 0.266 e. The first-order chi connectivity index (χ1) is 14.9. The maximum absolute atomic E-state index is 13.0. The van der Waals surface area contributed by atoms with Crippen LogP contribution in [0.25, 0.3) is 10.2 Å². The second kappa shape index (κ2) is 8.78. The molecule has 0 aliphatic carbocycles. The van der Waals surface area contributed by atoms with E-state index in [0.717, 1.165) is 16.9 Å². The average molecular weight is 461 g/mol. The van der Waals surface area contributed by atoms with E-state index in [1.807, 2.05) is 6.92 Å². The second-order valence-corrected chi connectivity index (χ2v) is 8.68.